The molecule has 0 saturated carbocycles. The minimum atomic E-state index is 0.00477. The van der Waals surface area contributed by atoms with E-state index in [0.29, 0.717) is 6.61 Å². The van der Waals surface area contributed by atoms with Crippen LogP contribution in [0.4, 0.5) is 0 Å². The Kier molecular flexibility index (Phi) is 6.08. The van der Waals surface area contributed by atoms with Crippen LogP contribution < -0.4 is 5.32 Å². The number of nitrogens with one attached hydrogen (secondary N) is 1. The number of likely N-dealkylation sites (N-methyl/N-ethyl adjacent to an activating group) is 1. The normalized spacial score (nSPS) is 14.7. The molecule has 16 heavy (non-hydrogen) atoms. The fourth-order valence-corrected chi connectivity index (χ4v) is 1.56. The van der Waals surface area contributed by atoms with E-state index in [9.17, 15) is 5.11 Å². The van der Waals surface area contributed by atoms with Crippen molar-refractivity contribution >= 4 is 0 Å². The highest BCUT2D eigenvalue weighted by Crippen LogP contribution is 2.05. The third kappa shape index (κ3) is 4.31. The molecule has 1 rings (SSSR count). The summed E-state index contributed by atoms with van der Waals surface area (Å²) in [5, 5.41) is 12.4. The number of ether oxygens (including phenoxy) is 1. The molecule has 0 amide bonds. The summed E-state index contributed by atoms with van der Waals surface area (Å²) in [6, 6.07) is 10.1. The lowest BCUT2D eigenvalue weighted by atomic mass is 10.2. The van der Waals surface area contributed by atoms with Crippen LogP contribution >= 0.6 is 0 Å². The summed E-state index contributed by atoms with van der Waals surface area (Å²) >= 11 is 0. The molecule has 0 aliphatic rings. The minimum absolute atomic E-state index is 0.00477. The van der Waals surface area contributed by atoms with Gasteiger partial charge in [0.1, 0.15) is 0 Å². The molecule has 0 aliphatic carbocycles. The Morgan fingerprint density at radius 2 is 2.00 bits per heavy atom. The van der Waals surface area contributed by atoms with E-state index >= 15 is 0 Å². The number of aliphatic hydroxyl groups is 1. The van der Waals surface area contributed by atoms with Crippen molar-refractivity contribution in [1.29, 1.82) is 0 Å². The lowest BCUT2D eigenvalue weighted by molar-refractivity contribution is 0.0124. The molecule has 0 fully saturated rings. The Morgan fingerprint density at radius 3 is 2.56 bits per heavy atom. The van der Waals surface area contributed by atoms with Crippen molar-refractivity contribution < 1.29 is 9.84 Å². The lowest BCUT2D eigenvalue weighted by Crippen LogP contribution is -2.42. The minimum Gasteiger partial charge on any atom is -0.395 e. The van der Waals surface area contributed by atoms with Crippen LogP contribution in [0.25, 0.3) is 0 Å². The second-order valence-electron chi connectivity index (χ2n) is 3.85. The molecule has 90 valence electrons. The van der Waals surface area contributed by atoms with Gasteiger partial charge in [-0.25, -0.2) is 0 Å². The van der Waals surface area contributed by atoms with Crippen molar-refractivity contribution in [3.63, 3.8) is 0 Å². The fourth-order valence-electron chi connectivity index (χ4n) is 1.56. The van der Waals surface area contributed by atoms with Crippen LogP contribution in [0.5, 0.6) is 0 Å². The van der Waals surface area contributed by atoms with Crippen LogP contribution in [0.15, 0.2) is 30.3 Å². The van der Waals surface area contributed by atoms with Crippen molar-refractivity contribution in [2.75, 3.05) is 13.2 Å². The first kappa shape index (κ1) is 13.2. The van der Waals surface area contributed by atoms with Gasteiger partial charge in [-0.2, -0.15) is 0 Å². The van der Waals surface area contributed by atoms with E-state index in [1.165, 1.54) is 0 Å². The molecule has 0 saturated heterocycles. The van der Waals surface area contributed by atoms with Crippen LogP contribution in [0.2, 0.25) is 0 Å². The first-order valence-corrected chi connectivity index (χ1v) is 5.77. The van der Waals surface area contributed by atoms with Gasteiger partial charge in [0.2, 0.25) is 0 Å². The molecule has 2 atom stereocenters. The number of rotatable bonds is 7. The van der Waals surface area contributed by atoms with Gasteiger partial charge in [-0.15, -0.1) is 0 Å². The Morgan fingerprint density at radius 1 is 1.31 bits per heavy atom. The van der Waals surface area contributed by atoms with Gasteiger partial charge in [-0.05, 0) is 19.0 Å². The second-order valence-corrected chi connectivity index (χ2v) is 3.85. The highest BCUT2D eigenvalue weighted by molar-refractivity contribution is 5.13. The Labute approximate surface area is 97.4 Å². The van der Waals surface area contributed by atoms with E-state index in [1.54, 1.807) is 0 Å². The van der Waals surface area contributed by atoms with Gasteiger partial charge in [0.15, 0.2) is 0 Å². The average Bonchev–Trinajstić information content (AvgIpc) is 2.34. The van der Waals surface area contributed by atoms with Gasteiger partial charge in [-0.3, -0.25) is 0 Å². The lowest BCUT2D eigenvalue weighted by Gasteiger charge is -2.23. The number of aliphatic hydroxyl groups excluding tert-OH is 1. The monoisotopic (exact) mass is 223 g/mol. The van der Waals surface area contributed by atoms with E-state index in [-0.39, 0.29) is 18.8 Å². The number of hydrogen-bond acceptors (Lipinski definition) is 3. The zero-order valence-corrected chi connectivity index (χ0v) is 10.0. The molecule has 0 bridgehead atoms. The molecule has 0 spiro atoms. The topological polar surface area (TPSA) is 41.5 Å². The van der Waals surface area contributed by atoms with E-state index in [4.69, 9.17) is 4.74 Å². The quantitative estimate of drug-likeness (QED) is 0.737. The first-order chi connectivity index (χ1) is 7.77. The van der Waals surface area contributed by atoms with Gasteiger partial charge < -0.3 is 15.2 Å². The van der Waals surface area contributed by atoms with E-state index < -0.39 is 0 Å². The highest BCUT2D eigenvalue weighted by atomic mass is 16.5. The molecule has 2 N–H and O–H groups in total. The van der Waals surface area contributed by atoms with Crippen molar-refractivity contribution in [2.24, 2.45) is 0 Å². The van der Waals surface area contributed by atoms with E-state index in [2.05, 4.69) is 5.32 Å². The summed E-state index contributed by atoms with van der Waals surface area (Å²) in [6.07, 6.45) is 0.00477. The molecular formula is C13H21NO2. The van der Waals surface area contributed by atoms with Crippen molar-refractivity contribution in [1.82, 2.24) is 5.32 Å². The zero-order chi connectivity index (χ0) is 11.8. The summed E-state index contributed by atoms with van der Waals surface area (Å²) in [5.74, 6) is 0. The fraction of sp³-hybridized carbons (Fsp3) is 0.538. The van der Waals surface area contributed by atoms with Crippen LogP contribution in [0.3, 0.4) is 0 Å². The number of benzene rings is 1. The zero-order valence-electron chi connectivity index (χ0n) is 10.0. The number of hydrogen-bond donors (Lipinski definition) is 2. The van der Waals surface area contributed by atoms with E-state index in [0.717, 1.165) is 12.1 Å². The Balaban J connectivity index is 2.36. The summed E-state index contributed by atoms with van der Waals surface area (Å²) in [5.41, 5.74) is 1.16. The van der Waals surface area contributed by atoms with Gasteiger partial charge in [0, 0.05) is 0 Å². The predicted molar refractivity (Wildman–Crippen MR) is 65.2 cm³/mol. The van der Waals surface area contributed by atoms with E-state index in [1.807, 2.05) is 44.2 Å². The van der Waals surface area contributed by atoms with Crippen LogP contribution in [-0.4, -0.2) is 30.4 Å². The van der Waals surface area contributed by atoms with Crippen LogP contribution in [0.1, 0.15) is 19.4 Å². The molecule has 3 heteroatoms. The van der Waals surface area contributed by atoms with Crippen molar-refractivity contribution in [3.8, 4) is 0 Å². The van der Waals surface area contributed by atoms with Crippen molar-refractivity contribution in [2.45, 2.75) is 32.6 Å². The molecule has 1 aromatic carbocycles. The predicted octanol–water partition coefficient (Wildman–Crippen LogP) is 1.56. The summed E-state index contributed by atoms with van der Waals surface area (Å²) in [6.45, 7) is 5.52. The summed E-state index contributed by atoms with van der Waals surface area (Å²) in [4.78, 5) is 0. The maximum Gasteiger partial charge on any atom is 0.0726 e. The van der Waals surface area contributed by atoms with Crippen LogP contribution in [0, 0.1) is 0 Å². The third-order valence-corrected chi connectivity index (χ3v) is 2.59. The van der Waals surface area contributed by atoms with Gasteiger partial charge >= 0.3 is 0 Å². The maximum atomic E-state index is 9.18. The Bertz CT molecular complexity index is 277. The van der Waals surface area contributed by atoms with Gasteiger partial charge in [-0.1, -0.05) is 37.3 Å². The Hall–Kier alpha value is -0.900. The average molecular weight is 223 g/mol. The standard InChI is InChI=1S/C13H21NO2/c1-3-14-13(9-15)11(2)16-10-12-7-5-4-6-8-12/h4-8,11,13-15H,3,9-10H2,1-2H3. The second kappa shape index (κ2) is 7.39. The smallest absolute Gasteiger partial charge is 0.0726 e. The summed E-state index contributed by atoms with van der Waals surface area (Å²) in [7, 11) is 0. The molecule has 2 unspecified atom stereocenters. The summed E-state index contributed by atoms with van der Waals surface area (Å²) < 4.78 is 5.71. The van der Waals surface area contributed by atoms with Crippen molar-refractivity contribution in [3.05, 3.63) is 35.9 Å². The molecule has 1 aromatic rings. The molecule has 0 aromatic heterocycles. The van der Waals surface area contributed by atoms with Crippen LogP contribution in [-0.2, 0) is 11.3 Å². The molecule has 0 aliphatic heterocycles. The first-order valence-electron chi connectivity index (χ1n) is 5.77. The molecule has 0 radical (unpaired) electrons. The maximum absolute atomic E-state index is 9.18. The highest BCUT2D eigenvalue weighted by Gasteiger charge is 2.15. The molecule has 3 nitrogen and oxygen atoms in total. The SMILES string of the molecule is CCNC(CO)C(C)OCc1ccccc1. The third-order valence-electron chi connectivity index (χ3n) is 2.59. The van der Waals surface area contributed by atoms with Gasteiger partial charge in [0.25, 0.3) is 0 Å². The van der Waals surface area contributed by atoms with Gasteiger partial charge in [0.05, 0.1) is 25.4 Å². The largest absolute Gasteiger partial charge is 0.395 e. The molecular weight excluding hydrogens is 202 g/mol. The molecule has 0 heterocycles.